The fourth-order valence-electron chi connectivity index (χ4n) is 0.954. The van der Waals surface area contributed by atoms with E-state index in [2.05, 4.69) is 10.1 Å². The van der Waals surface area contributed by atoms with Gasteiger partial charge in [0.1, 0.15) is 5.02 Å². The van der Waals surface area contributed by atoms with Crippen LogP contribution in [-0.4, -0.2) is 10.1 Å². The molecule has 0 atom stereocenters. The number of rotatable bonds is 1. The van der Waals surface area contributed by atoms with Gasteiger partial charge in [-0.1, -0.05) is 22.8 Å². The molecule has 2 rings (SSSR count). The van der Waals surface area contributed by atoms with Crippen LogP contribution in [0.25, 0.3) is 11.4 Å². The molecule has 0 aliphatic carbocycles. The van der Waals surface area contributed by atoms with E-state index in [0.717, 1.165) is 0 Å². The van der Waals surface area contributed by atoms with E-state index in [1.807, 2.05) is 6.07 Å². The zero-order chi connectivity index (χ0) is 9.26. The molecular formula is C8H6ClN3O. The van der Waals surface area contributed by atoms with Gasteiger partial charge >= 0.3 is 0 Å². The largest absolute Gasteiger partial charge is 0.366 e. The van der Waals surface area contributed by atoms with Crippen LogP contribution in [0.5, 0.6) is 0 Å². The van der Waals surface area contributed by atoms with E-state index in [1.54, 1.807) is 18.3 Å². The van der Waals surface area contributed by atoms with Crippen LogP contribution in [0, 0.1) is 0 Å². The van der Waals surface area contributed by atoms with Gasteiger partial charge in [-0.3, -0.25) is 4.98 Å². The third-order valence-corrected chi connectivity index (χ3v) is 1.93. The van der Waals surface area contributed by atoms with Gasteiger partial charge in [0.25, 0.3) is 0 Å². The highest BCUT2D eigenvalue weighted by atomic mass is 35.5. The first-order valence-electron chi connectivity index (χ1n) is 3.61. The Kier molecular flexibility index (Phi) is 1.90. The van der Waals surface area contributed by atoms with Crippen molar-refractivity contribution in [2.24, 2.45) is 0 Å². The van der Waals surface area contributed by atoms with Gasteiger partial charge in [-0.05, 0) is 12.1 Å². The minimum atomic E-state index is 0.113. The fraction of sp³-hybridized carbons (Fsp3) is 0. The lowest BCUT2D eigenvalue weighted by Gasteiger charge is -1.92. The molecular weight excluding hydrogens is 190 g/mol. The van der Waals surface area contributed by atoms with Crippen LogP contribution in [0.3, 0.4) is 0 Å². The number of hydrogen-bond acceptors (Lipinski definition) is 4. The molecule has 2 aromatic rings. The second kappa shape index (κ2) is 3.06. The van der Waals surface area contributed by atoms with Gasteiger partial charge in [-0.2, -0.15) is 0 Å². The second-order valence-electron chi connectivity index (χ2n) is 2.42. The van der Waals surface area contributed by atoms with Crippen molar-refractivity contribution in [1.82, 2.24) is 10.1 Å². The number of nitrogen functional groups attached to an aromatic ring is 1. The van der Waals surface area contributed by atoms with Gasteiger partial charge < -0.3 is 10.3 Å². The maximum Gasteiger partial charge on any atom is 0.241 e. The van der Waals surface area contributed by atoms with Crippen LogP contribution >= 0.6 is 11.6 Å². The van der Waals surface area contributed by atoms with Crippen LogP contribution in [0.2, 0.25) is 5.02 Å². The summed E-state index contributed by atoms with van der Waals surface area (Å²) in [6.07, 6.45) is 1.65. The highest BCUT2D eigenvalue weighted by molar-refractivity contribution is 6.35. The molecule has 0 saturated heterocycles. The summed E-state index contributed by atoms with van der Waals surface area (Å²) in [5.41, 5.74) is 6.51. The SMILES string of the molecule is Nc1onc(-c2ccccn2)c1Cl. The highest BCUT2D eigenvalue weighted by Gasteiger charge is 2.13. The quantitative estimate of drug-likeness (QED) is 0.756. The number of pyridine rings is 1. The predicted octanol–water partition coefficient (Wildman–Crippen LogP) is 1.97. The minimum Gasteiger partial charge on any atom is -0.366 e. The molecule has 0 aromatic carbocycles. The summed E-state index contributed by atoms with van der Waals surface area (Å²) in [4.78, 5) is 4.06. The van der Waals surface area contributed by atoms with Crippen LogP contribution in [0.1, 0.15) is 0 Å². The average Bonchev–Trinajstić information content (AvgIpc) is 2.49. The fourth-order valence-corrected chi connectivity index (χ4v) is 1.12. The molecule has 5 heteroatoms. The summed E-state index contributed by atoms with van der Waals surface area (Å²) in [6.45, 7) is 0. The Labute approximate surface area is 79.3 Å². The lowest BCUT2D eigenvalue weighted by Crippen LogP contribution is -1.83. The Morgan fingerprint density at radius 2 is 2.23 bits per heavy atom. The molecule has 2 aromatic heterocycles. The lowest BCUT2D eigenvalue weighted by atomic mass is 10.3. The van der Waals surface area contributed by atoms with E-state index >= 15 is 0 Å². The van der Waals surface area contributed by atoms with Crippen molar-refractivity contribution in [3.8, 4) is 11.4 Å². The molecule has 0 aliphatic rings. The molecule has 0 saturated carbocycles. The molecule has 0 spiro atoms. The van der Waals surface area contributed by atoms with Gasteiger partial charge in [0, 0.05) is 6.20 Å². The Morgan fingerprint density at radius 1 is 1.38 bits per heavy atom. The summed E-state index contributed by atoms with van der Waals surface area (Å²) in [5, 5.41) is 4.00. The van der Waals surface area contributed by atoms with Gasteiger partial charge in [-0.15, -0.1) is 0 Å². The van der Waals surface area contributed by atoms with E-state index in [0.29, 0.717) is 16.4 Å². The molecule has 66 valence electrons. The topological polar surface area (TPSA) is 64.9 Å². The number of nitrogens with zero attached hydrogens (tertiary/aromatic N) is 2. The van der Waals surface area contributed by atoms with E-state index in [1.165, 1.54) is 0 Å². The Bertz CT molecular complexity index is 413. The van der Waals surface area contributed by atoms with Gasteiger partial charge in [0.15, 0.2) is 5.69 Å². The maximum atomic E-state index is 5.82. The number of anilines is 1. The second-order valence-corrected chi connectivity index (χ2v) is 2.80. The van der Waals surface area contributed by atoms with Gasteiger partial charge in [0.05, 0.1) is 5.69 Å². The van der Waals surface area contributed by atoms with Crippen molar-refractivity contribution in [3.05, 3.63) is 29.4 Å². The molecule has 0 bridgehead atoms. The average molecular weight is 196 g/mol. The molecule has 0 aliphatic heterocycles. The smallest absolute Gasteiger partial charge is 0.241 e. The normalized spacial score (nSPS) is 10.2. The van der Waals surface area contributed by atoms with E-state index in [4.69, 9.17) is 21.9 Å². The molecule has 2 N–H and O–H groups in total. The van der Waals surface area contributed by atoms with E-state index in [9.17, 15) is 0 Å². The van der Waals surface area contributed by atoms with Crippen LogP contribution < -0.4 is 5.73 Å². The summed E-state index contributed by atoms with van der Waals surface area (Å²) >= 11 is 5.82. The third kappa shape index (κ3) is 1.36. The van der Waals surface area contributed by atoms with Crippen LogP contribution in [0.15, 0.2) is 28.9 Å². The maximum absolute atomic E-state index is 5.82. The van der Waals surface area contributed by atoms with Crippen molar-refractivity contribution >= 4 is 17.5 Å². The van der Waals surface area contributed by atoms with Crippen molar-refractivity contribution in [1.29, 1.82) is 0 Å². The van der Waals surface area contributed by atoms with Crippen LogP contribution in [0.4, 0.5) is 5.88 Å². The predicted molar refractivity (Wildman–Crippen MR) is 49.2 cm³/mol. The Morgan fingerprint density at radius 3 is 2.77 bits per heavy atom. The first kappa shape index (κ1) is 8.07. The summed E-state index contributed by atoms with van der Waals surface area (Å²) in [6, 6.07) is 5.42. The molecule has 13 heavy (non-hydrogen) atoms. The molecule has 0 amide bonds. The van der Waals surface area contributed by atoms with E-state index < -0.39 is 0 Å². The number of nitrogens with two attached hydrogens (primary N) is 1. The van der Waals surface area contributed by atoms with Gasteiger partial charge in [-0.25, -0.2) is 0 Å². The Hall–Kier alpha value is -1.55. The molecule has 0 unspecified atom stereocenters. The summed E-state index contributed by atoms with van der Waals surface area (Å²) < 4.78 is 4.71. The number of aromatic nitrogens is 2. The van der Waals surface area contributed by atoms with Crippen LogP contribution in [-0.2, 0) is 0 Å². The molecule has 0 radical (unpaired) electrons. The summed E-state index contributed by atoms with van der Waals surface area (Å²) in [5.74, 6) is 0.113. The highest BCUT2D eigenvalue weighted by Crippen LogP contribution is 2.29. The monoisotopic (exact) mass is 195 g/mol. The minimum absolute atomic E-state index is 0.113. The van der Waals surface area contributed by atoms with Crippen molar-refractivity contribution in [3.63, 3.8) is 0 Å². The van der Waals surface area contributed by atoms with Crippen molar-refractivity contribution in [2.75, 3.05) is 5.73 Å². The van der Waals surface area contributed by atoms with E-state index in [-0.39, 0.29) is 5.88 Å². The first-order chi connectivity index (χ1) is 6.29. The number of hydrogen-bond donors (Lipinski definition) is 1. The zero-order valence-electron chi connectivity index (χ0n) is 6.57. The first-order valence-corrected chi connectivity index (χ1v) is 3.99. The van der Waals surface area contributed by atoms with Crippen molar-refractivity contribution < 1.29 is 4.52 Å². The summed E-state index contributed by atoms with van der Waals surface area (Å²) in [7, 11) is 0. The third-order valence-electron chi connectivity index (χ3n) is 1.57. The number of halogens is 1. The molecule has 0 fully saturated rings. The molecule has 2 heterocycles. The zero-order valence-corrected chi connectivity index (χ0v) is 7.32. The van der Waals surface area contributed by atoms with Gasteiger partial charge in [0.2, 0.25) is 5.88 Å². The Balaban J connectivity index is 2.53. The lowest BCUT2D eigenvalue weighted by molar-refractivity contribution is 0.439. The van der Waals surface area contributed by atoms with Crippen molar-refractivity contribution in [2.45, 2.75) is 0 Å². The molecule has 4 nitrogen and oxygen atoms in total. The standard InChI is InChI=1S/C8H6ClN3O/c9-6-7(12-13-8(6)10)5-3-1-2-4-11-5/h1-4H,10H2.